The first-order chi connectivity index (χ1) is 21.8. The Balaban J connectivity index is 1.50. The van der Waals surface area contributed by atoms with Crippen LogP contribution in [0.1, 0.15) is 52.5 Å². The van der Waals surface area contributed by atoms with Crippen molar-refractivity contribution in [1.82, 2.24) is 15.3 Å². The molecule has 2 aromatic carbocycles. The van der Waals surface area contributed by atoms with E-state index in [1.54, 1.807) is 65.1 Å². The summed E-state index contributed by atoms with van der Waals surface area (Å²) in [6.45, 7) is 12.8. The second-order valence-corrected chi connectivity index (χ2v) is 12.8. The Bertz CT molecular complexity index is 1690. The normalized spacial score (nSPS) is 23.8. The largest absolute Gasteiger partial charge is 0.496 e. The quantitative estimate of drug-likeness (QED) is 0.228. The number of carbonyl (C=O) groups is 3. The molecule has 46 heavy (non-hydrogen) atoms. The van der Waals surface area contributed by atoms with Crippen LogP contribution in [-0.2, 0) is 23.9 Å². The van der Waals surface area contributed by atoms with Gasteiger partial charge in [0.25, 0.3) is 0 Å². The summed E-state index contributed by atoms with van der Waals surface area (Å²) in [6, 6.07) is 9.51. The number of amides is 1. The molecule has 1 amide bonds. The maximum Gasteiger partial charge on any atom is 0.332 e. The summed E-state index contributed by atoms with van der Waals surface area (Å²) in [6.07, 6.45) is 1.69. The number of fused-ring (bicyclic) bond motifs is 1. The molecule has 0 aliphatic heterocycles. The number of aryl methyl sites for hydroxylation is 1. The number of rotatable bonds is 10. The fourth-order valence-corrected chi connectivity index (χ4v) is 6.10. The van der Waals surface area contributed by atoms with Crippen LogP contribution in [-0.4, -0.2) is 58.8 Å². The van der Waals surface area contributed by atoms with Gasteiger partial charge in [0, 0.05) is 17.0 Å². The third-order valence-electron chi connectivity index (χ3n) is 8.47. The summed E-state index contributed by atoms with van der Waals surface area (Å²) >= 11 is 0. The van der Waals surface area contributed by atoms with Gasteiger partial charge in [-0.3, -0.25) is 9.59 Å². The standard InChI is InChI=1S/C35H40FN3O7/c1-8-21-18-35(21,33(42)44-9-2)39-30(40)25-16-23(17-26(25)32(41)46-34(4,5)6)45-31-24-13-14-27(43-7)19(3)28(24)37-29(38-31)20-11-10-12-22(36)15-20/h8,10-15,21,23,25-26H,1,9,16-18H2,2-7H3,(H,39,40)/t21-,23-,25-,26-,35-/m1/s1. The maximum atomic E-state index is 14.2. The van der Waals surface area contributed by atoms with E-state index < -0.39 is 52.7 Å². The first-order valence-electron chi connectivity index (χ1n) is 15.4. The predicted molar refractivity (Wildman–Crippen MR) is 169 cm³/mol. The zero-order chi connectivity index (χ0) is 33.4. The van der Waals surface area contributed by atoms with Gasteiger partial charge < -0.3 is 24.3 Å². The van der Waals surface area contributed by atoms with Crippen LogP contribution in [0, 0.1) is 30.5 Å². The highest BCUT2D eigenvalue weighted by molar-refractivity contribution is 5.94. The van der Waals surface area contributed by atoms with Crippen LogP contribution in [0.2, 0.25) is 0 Å². The average Bonchev–Trinajstić information content (AvgIpc) is 3.55. The predicted octanol–water partition coefficient (Wildman–Crippen LogP) is 5.49. The third kappa shape index (κ3) is 6.54. The van der Waals surface area contributed by atoms with Crippen LogP contribution >= 0.6 is 0 Å². The van der Waals surface area contributed by atoms with Gasteiger partial charge in [0.2, 0.25) is 11.8 Å². The SMILES string of the molecule is C=C[C@@H]1C[C@]1(NC(=O)[C@@H]1C[C@@H](Oc2nc(-c3cccc(F)c3)nc3c(C)c(OC)ccc23)C[C@H]1C(=O)OC(C)(C)C)C(=O)OCC. The minimum Gasteiger partial charge on any atom is -0.496 e. The molecule has 11 heteroatoms. The van der Waals surface area contributed by atoms with E-state index in [1.165, 1.54) is 12.1 Å². The molecular weight excluding hydrogens is 593 g/mol. The maximum absolute atomic E-state index is 14.2. The third-order valence-corrected chi connectivity index (χ3v) is 8.47. The zero-order valence-electron chi connectivity index (χ0n) is 27.0. The van der Waals surface area contributed by atoms with Crippen LogP contribution in [0.4, 0.5) is 4.39 Å². The summed E-state index contributed by atoms with van der Waals surface area (Å²) in [5.74, 6) is -2.87. The van der Waals surface area contributed by atoms with E-state index in [0.717, 1.165) is 5.56 Å². The van der Waals surface area contributed by atoms with Crippen molar-refractivity contribution in [2.45, 2.75) is 71.1 Å². The number of carbonyl (C=O) groups excluding carboxylic acids is 3. The van der Waals surface area contributed by atoms with Gasteiger partial charge in [-0.25, -0.2) is 14.2 Å². The Morgan fingerprint density at radius 2 is 1.87 bits per heavy atom. The van der Waals surface area contributed by atoms with Gasteiger partial charge in [0.05, 0.1) is 36.5 Å². The van der Waals surface area contributed by atoms with E-state index in [9.17, 15) is 18.8 Å². The monoisotopic (exact) mass is 633 g/mol. The Morgan fingerprint density at radius 3 is 2.50 bits per heavy atom. The summed E-state index contributed by atoms with van der Waals surface area (Å²) in [5, 5.41) is 3.48. The first kappa shape index (κ1) is 32.8. The highest BCUT2D eigenvalue weighted by atomic mass is 19.1. The zero-order valence-corrected chi connectivity index (χ0v) is 27.0. The van der Waals surface area contributed by atoms with E-state index in [1.807, 2.05) is 6.92 Å². The topological polar surface area (TPSA) is 126 Å². The molecule has 2 aliphatic carbocycles. The highest BCUT2D eigenvalue weighted by Crippen LogP contribution is 2.47. The smallest absolute Gasteiger partial charge is 0.332 e. The molecule has 5 atom stereocenters. The Morgan fingerprint density at radius 1 is 1.13 bits per heavy atom. The second kappa shape index (κ2) is 12.7. The minimum atomic E-state index is -1.22. The molecule has 0 unspecified atom stereocenters. The number of esters is 2. The molecule has 5 rings (SSSR count). The number of halogens is 1. The molecule has 0 radical (unpaired) electrons. The first-order valence-corrected chi connectivity index (χ1v) is 15.4. The number of nitrogens with one attached hydrogen (secondary N) is 1. The summed E-state index contributed by atoms with van der Waals surface area (Å²) in [5.41, 5.74) is -0.251. The van der Waals surface area contributed by atoms with Crippen molar-refractivity contribution in [3.8, 4) is 23.0 Å². The van der Waals surface area contributed by atoms with Crippen molar-refractivity contribution < 1.29 is 37.7 Å². The molecule has 2 saturated carbocycles. The lowest BCUT2D eigenvalue weighted by atomic mass is 9.94. The lowest BCUT2D eigenvalue weighted by molar-refractivity contribution is -0.163. The van der Waals surface area contributed by atoms with Gasteiger partial charge in [0.15, 0.2) is 5.82 Å². The van der Waals surface area contributed by atoms with Crippen LogP contribution < -0.4 is 14.8 Å². The number of nitrogens with zero attached hydrogens (tertiary/aromatic N) is 2. The van der Waals surface area contributed by atoms with Crippen molar-refractivity contribution in [2.75, 3.05) is 13.7 Å². The summed E-state index contributed by atoms with van der Waals surface area (Å²) in [7, 11) is 1.56. The molecular formula is C35H40FN3O7. The van der Waals surface area contributed by atoms with Gasteiger partial charge in [-0.2, -0.15) is 4.98 Å². The Kier molecular flexibility index (Phi) is 9.06. The van der Waals surface area contributed by atoms with Crippen LogP contribution in [0.25, 0.3) is 22.3 Å². The molecule has 1 aromatic heterocycles. The van der Waals surface area contributed by atoms with Gasteiger partial charge >= 0.3 is 11.9 Å². The molecule has 3 aromatic rings. The lowest BCUT2D eigenvalue weighted by Crippen LogP contribution is -2.49. The summed E-state index contributed by atoms with van der Waals surface area (Å²) in [4.78, 5) is 49.6. The molecule has 10 nitrogen and oxygen atoms in total. The lowest BCUT2D eigenvalue weighted by Gasteiger charge is -2.25. The minimum absolute atomic E-state index is 0.156. The van der Waals surface area contributed by atoms with Crippen LogP contribution in [0.5, 0.6) is 11.6 Å². The molecule has 0 spiro atoms. The number of ether oxygens (including phenoxy) is 4. The van der Waals surface area contributed by atoms with Gasteiger partial charge in [-0.1, -0.05) is 18.2 Å². The number of hydrogen-bond donors (Lipinski definition) is 1. The van der Waals surface area contributed by atoms with E-state index >= 15 is 0 Å². The Hall–Kier alpha value is -4.54. The molecule has 0 saturated heterocycles. The van der Waals surface area contributed by atoms with E-state index in [4.69, 9.17) is 23.9 Å². The van der Waals surface area contributed by atoms with E-state index in [-0.39, 0.29) is 37.1 Å². The fraction of sp³-hybridized carbons (Fsp3) is 0.457. The van der Waals surface area contributed by atoms with Gasteiger partial charge in [-0.05, 0) is 78.1 Å². The second-order valence-electron chi connectivity index (χ2n) is 12.8. The molecule has 244 valence electrons. The van der Waals surface area contributed by atoms with Crippen molar-refractivity contribution in [1.29, 1.82) is 0 Å². The van der Waals surface area contributed by atoms with E-state index in [0.29, 0.717) is 28.6 Å². The van der Waals surface area contributed by atoms with Crippen LogP contribution in [0.3, 0.4) is 0 Å². The molecule has 2 aliphatic rings. The van der Waals surface area contributed by atoms with Crippen molar-refractivity contribution in [3.63, 3.8) is 0 Å². The molecule has 1 heterocycles. The number of benzene rings is 2. The average molecular weight is 634 g/mol. The van der Waals surface area contributed by atoms with Gasteiger partial charge in [-0.15, -0.1) is 6.58 Å². The number of hydrogen-bond acceptors (Lipinski definition) is 9. The highest BCUT2D eigenvalue weighted by Gasteiger charge is 2.62. The molecule has 2 fully saturated rings. The van der Waals surface area contributed by atoms with Crippen molar-refractivity contribution in [3.05, 3.63) is 60.4 Å². The Labute approximate surface area is 267 Å². The van der Waals surface area contributed by atoms with Gasteiger partial charge in [0.1, 0.15) is 28.8 Å². The van der Waals surface area contributed by atoms with Crippen LogP contribution in [0.15, 0.2) is 49.1 Å². The van der Waals surface area contributed by atoms with Crippen molar-refractivity contribution in [2.24, 2.45) is 17.8 Å². The molecule has 1 N–H and O–H groups in total. The molecule has 0 bridgehead atoms. The summed E-state index contributed by atoms with van der Waals surface area (Å²) < 4.78 is 37.2. The van der Waals surface area contributed by atoms with E-state index in [2.05, 4.69) is 16.9 Å². The van der Waals surface area contributed by atoms with Crippen molar-refractivity contribution >= 4 is 28.7 Å². The number of methoxy groups -OCH3 is 1. The fourth-order valence-electron chi connectivity index (χ4n) is 6.10. The number of aromatic nitrogens is 2.